The van der Waals surface area contributed by atoms with Crippen molar-refractivity contribution in [3.63, 3.8) is 0 Å². The summed E-state index contributed by atoms with van der Waals surface area (Å²) in [5.41, 5.74) is 0.0842. The number of Topliss-reactive ketones (excluding diaryl/α,β-unsaturated/α-hetero) is 1. The quantitative estimate of drug-likeness (QED) is 0.712. The average molecular weight is 226 g/mol. The number of carbonyl (C=O) groups excluding carboxylic acids is 1. The summed E-state index contributed by atoms with van der Waals surface area (Å²) in [6.07, 6.45) is 1.11. The van der Waals surface area contributed by atoms with E-state index in [-0.39, 0.29) is 29.2 Å². The van der Waals surface area contributed by atoms with Gasteiger partial charge in [0.15, 0.2) is 17.4 Å². The summed E-state index contributed by atoms with van der Waals surface area (Å²) in [4.78, 5) is 11.7. The Labute approximate surface area is 94.5 Å². The van der Waals surface area contributed by atoms with Crippen LogP contribution in [0.1, 0.15) is 42.6 Å². The van der Waals surface area contributed by atoms with Crippen molar-refractivity contribution in [1.29, 1.82) is 0 Å². The smallest absolute Gasteiger partial charge is 0.169 e. The van der Waals surface area contributed by atoms with Crippen LogP contribution in [0, 0.1) is 24.5 Å². The Kier molecular flexibility index (Phi) is 4.16. The minimum absolute atomic E-state index is 0.136. The molecule has 0 aromatic heterocycles. The van der Waals surface area contributed by atoms with Crippen molar-refractivity contribution in [3.05, 3.63) is 34.9 Å². The second kappa shape index (κ2) is 5.19. The lowest BCUT2D eigenvalue weighted by molar-refractivity contribution is 0.0958. The predicted octanol–water partition coefficient (Wildman–Crippen LogP) is 3.89. The molecule has 0 saturated carbocycles. The molecule has 1 nitrogen and oxygen atoms in total. The molecule has 0 aliphatic heterocycles. The summed E-state index contributed by atoms with van der Waals surface area (Å²) in [6, 6.07) is 2.79. The molecule has 0 heterocycles. The van der Waals surface area contributed by atoms with E-state index in [1.54, 1.807) is 0 Å². The van der Waals surface area contributed by atoms with Gasteiger partial charge in [0.05, 0.1) is 5.56 Å². The molecule has 0 N–H and O–H groups in total. The van der Waals surface area contributed by atoms with Gasteiger partial charge >= 0.3 is 0 Å². The summed E-state index contributed by atoms with van der Waals surface area (Å²) >= 11 is 0. The van der Waals surface area contributed by atoms with Gasteiger partial charge in [-0.2, -0.15) is 0 Å². The van der Waals surface area contributed by atoms with Crippen molar-refractivity contribution in [3.8, 4) is 0 Å². The van der Waals surface area contributed by atoms with E-state index in [1.807, 2.05) is 13.8 Å². The second-order valence-corrected chi connectivity index (χ2v) is 4.20. The fraction of sp³-hybridized carbons (Fsp3) is 0.462. The zero-order chi connectivity index (χ0) is 12.3. The topological polar surface area (TPSA) is 17.1 Å². The normalized spacial score (nSPS) is 12.6. The Morgan fingerprint density at radius 3 is 2.50 bits per heavy atom. The Bertz CT molecular complexity index is 399. The fourth-order valence-corrected chi connectivity index (χ4v) is 1.43. The van der Waals surface area contributed by atoms with Crippen LogP contribution in [0.4, 0.5) is 8.78 Å². The maximum atomic E-state index is 13.5. The van der Waals surface area contributed by atoms with Crippen molar-refractivity contribution >= 4 is 5.78 Å². The monoisotopic (exact) mass is 226 g/mol. The average Bonchev–Trinajstić information content (AvgIpc) is 2.25. The van der Waals surface area contributed by atoms with E-state index in [1.165, 1.54) is 19.1 Å². The third-order valence-corrected chi connectivity index (χ3v) is 2.81. The Morgan fingerprint density at radius 2 is 1.94 bits per heavy atom. The Morgan fingerprint density at radius 1 is 1.31 bits per heavy atom. The molecule has 1 aromatic carbocycles. The molecule has 1 unspecified atom stereocenters. The van der Waals surface area contributed by atoms with Gasteiger partial charge in [-0.1, -0.05) is 26.3 Å². The lowest BCUT2D eigenvalue weighted by atomic mass is 9.97. The number of hydrogen-bond donors (Lipinski definition) is 0. The molecule has 0 aliphatic carbocycles. The van der Waals surface area contributed by atoms with E-state index >= 15 is 0 Å². The van der Waals surface area contributed by atoms with Crippen LogP contribution in [0.5, 0.6) is 0 Å². The molecule has 0 fully saturated rings. The van der Waals surface area contributed by atoms with E-state index in [9.17, 15) is 13.6 Å². The first-order valence-electron chi connectivity index (χ1n) is 5.45. The van der Waals surface area contributed by atoms with E-state index in [0.29, 0.717) is 0 Å². The lowest BCUT2D eigenvalue weighted by Gasteiger charge is -2.09. The Hall–Kier alpha value is -1.25. The van der Waals surface area contributed by atoms with Crippen LogP contribution >= 0.6 is 0 Å². The minimum atomic E-state index is -1.02. The van der Waals surface area contributed by atoms with Crippen molar-refractivity contribution in [2.75, 3.05) is 0 Å². The molecular weight excluding hydrogens is 210 g/mol. The summed E-state index contributed by atoms with van der Waals surface area (Å²) in [7, 11) is 0. The SMILES string of the molecule is CCC(C)CC(=O)c1ccc(C)c(F)c1F. The van der Waals surface area contributed by atoms with Gasteiger partial charge < -0.3 is 0 Å². The Balaban J connectivity index is 2.97. The molecule has 1 atom stereocenters. The number of hydrogen-bond acceptors (Lipinski definition) is 1. The van der Waals surface area contributed by atoms with Crippen LogP contribution in [0.15, 0.2) is 12.1 Å². The predicted molar refractivity (Wildman–Crippen MR) is 59.5 cm³/mol. The van der Waals surface area contributed by atoms with Gasteiger partial charge in [0.25, 0.3) is 0 Å². The van der Waals surface area contributed by atoms with Crippen molar-refractivity contribution in [2.45, 2.75) is 33.6 Å². The van der Waals surface area contributed by atoms with E-state index in [0.717, 1.165) is 6.42 Å². The first kappa shape index (κ1) is 12.8. The molecular formula is C13H16F2O. The van der Waals surface area contributed by atoms with Crippen LogP contribution < -0.4 is 0 Å². The highest BCUT2D eigenvalue weighted by molar-refractivity contribution is 5.96. The molecule has 0 amide bonds. The number of rotatable bonds is 4. The van der Waals surface area contributed by atoms with Crippen molar-refractivity contribution < 1.29 is 13.6 Å². The van der Waals surface area contributed by atoms with Crippen LogP contribution in [-0.2, 0) is 0 Å². The molecule has 0 radical (unpaired) electrons. The molecule has 0 saturated heterocycles. The van der Waals surface area contributed by atoms with Gasteiger partial charge in [0, 0.05) is 6.42 Å². The van der Waals surface area contributed by atoms with Crippen molar-refractivity contribution in [2.24, 2.45) is 5.92 Å². The molecule has 0 aliphatic rings. The number of ketones is 1. The zero-order valence-corrected chi connectivity index (χ0v) is 9.81. The molecule has 88 valence electrons. The van der Waals surface area contributed by atoms with Crippen LogP contribution in [0.3, 0.4) is 0 Å². The van der Waals surface area contributed by atoms with Gasteiger partial charge in [-0.15, -0.1) is 0 Å². The molecule has 3 heteroatoms. The van der Waals surface area contributed by atoms with Crippen LogP contribution in [-0.4, -0.2) is 5.78 Å². The molecule has 0 bridgehead atoms. The van der Waals surface area contributed by atoms with Crippen LogP contribution in [0.2, 0.25) is 0 Å². The molecule has 0 spiro atoms. The van der Waals surface area contributed by atoms with Gasteiger partial charge in [0.1, 0.15) is 0 Å². The summed E-state index contributed by atoms with van der Waals surface area (Å²) in [6.45, 7) is 5.35. The minimum Gasteiger partial charge on any atom is -0.294 e. The highest BCUT2D eigenvalue weighted by Crippen LogP contribution is 2.19. The number of carbonyl (C=O) groups is 1. The third-order valence-electron chi connectivity index (χ3n) is 2.81. The molecule has 1 aromatic rings. The summed E-state index contributed by atoms with van der Waals surface area (Å²) < 4.78 is 26.7. The van der Waals surface area contributed by atoms with E-state index in [2.05, 4.69) is 0 Å². The van der Waals surface area contributed by atoms with Gasteiger partial charge in [-0.25, -0.2) is 8.78 Å². The first-order valence-corrected chi connectivity index (χ1v) is 5.45. The lowest BCUT2D eigenvalue weighted by Crippen LogP contribution is -2.09. The highest BCUT2D eigenvalue weighted by atomic mass is 19.2. The summed E-state index contributed by atoms with van der Waals surface area (Å²) in [5.74, 6) is -2.08. The van der Waals surface area contributed by atoms with E-state index < -0.39 is 11.6 Å². The van der Waals surface area contributed by atoms with Crippen molar-refractivity contribution in [1.82, 2.24) is 0 Å². The summed E-state index contributed by atoms with van der Waals surface area (Å²) in [5, 5.41) is 0. The van der Waals surface area contributed by atoms with Gasteiger partial charge in [-0.05, 0) is 24.5 Å². The first-order chi connectivity index (χ1) is 7.47. The standard InChI is InChI=1S/C13H16F2O/c1-4-8(2)7-11(16)10-6-5-9(3)12(14)13(10)15/h5-6,8H,4,7H2,1-3H3. The van der Waals surface area contributed by atoms with Gasteiger partial charge in [-0.3, -0.25) is 4.79 Å². The third kappa shape index (κ3) is 2.65. The van der Waals surface area contributed by atoms with Crippen LogP contribution in [0.25, 0.3) is 0 Å². The fourth-order valence-electron chi connectivity index (χ4n) is 1.43. The highest BCUT2D eigenvalue weighted by Gasteiger charge is 2.18. The molecule has 16 heavy (non-hydrogen) atoms. The second-order valence-electron chi connectivity index (χ2n) is 4.20. The number of halogens is 2. The number of benzene rings is 1. The van der Waals surface area contributed by atoms with E-state index in [4.69, 9.17) is 0 Å². The van der Waals surface area contributed by atoms with Gasteiger partial charge in [0.2, 0.25) is 0 Å². The maximum absolute atomic E-state index is 13.5. The largest absolute Gasteiger partial charge is 0.294 e. The maximum Gasteiger partial charge on any atom is 0.169 e. The zero-order valence-electron chi connectivity index (χ0n) is 9.81. The molecule has 1 rings (SSSR count). The number of aryl methyl sites for hydroxylation is 1.